The summed E-state index contributed by atoms with van der Waals surface area (Å²) in [7, 11) is 0. The molecular weight excluding hydrogens is 196 g/mol. The van der Waals surface area contributed by atoms with Crippen molar-refractivity contribution in [3.05, 3.63) is 28.5 Å². The second kappa shape index (κ2) is 4.47. The third-order valence-electron chi connectivity index (χ3n) is 1.92. The molecular formula is C11H15ClN2. The second-order valence-corrected chi connectivity index (χ2v) is 3.35. The largest absolute Gasteiger partial charge is 0.346 e. The Labute approximate surface area is 89.3 Å². The van der Waals surface area contributed by atoms with E-state index in [1.54, 1.807) is 0 Å². The van der Waals surface area contributed by atoms with Crippen LogP contribution in [0, 0.1) is 13.8 Å². The van der Waals surface area contributed by atoms with E-state index in [0.29, 0.717) is 0 Å². The van der Waals surface area contributed by atoms with Crippen molar-refractivity contribution in [3.63, 3.8) is 0 Å². The standard InChI is InChI=1S/C9H9ClN2.C2H6/c1-5-4-11-9-8(5)7(10)3-6(2)12-9;1-2/h3-4H,1-2H3,(H,11,12);1-2H3. The van der Waals surface area contributed by atoms with E-state index in [1.165, 1.54) is 0 Å². The Bertz CT molecular complexity index is 432. The normalized spacial score (nSPS) is 9.79. The first-order chi connectivity index (χ1) is 6.68. The number of halogens is 1. The van der Waals surface area contributed by atoms with Crippen LogP contribution in [0.25, 0.3) is 11.0 Å². The molecule has 76 valence electrons. The van der Waals surface area contributed by atoms with Gasteiger partial charge in [-0.2, -0.15) is 0 Å². The van der Waals surface area contributed by atoms with Gasteiger partial charge in [0.25, 0.3) is 0 Å². The van der Waals surface area contributed by atoms with Gasteiger partial charge in [-0.05, 0) is 25.5 Å². The summed E-state index contributed by atoms with van der Waals surface area (Å²) >= 11 is 6.05. The molecule has 0 saturated heterocycles. The molecule has 0 fully saturated rings. The van der Waals surface area contributed by atoms with Crippen LogP contribution in [-0.2, 0) is 0 Å². The molecule has 0 aliphatic rings. The SMILES string of the molecule is CC.Cc1cc(Cl)c2c(C)c[nH]c2n1. The van der Waals surface area contributed by atoms with Crippen molar-refractivity contribution in [1.82, 2.24) is 9.97 Å². The summed E-state index contributed by atoms with van der Waals surface area (Å²) in [6, 6.07) is 1.88. The molecule has 2 heterocycles. The van der Waals surface area contributed by atoms with E-state index in [1.807, 2.05) is 40.0 Å². The van der Waals surface area contributed by atoms with Gasteiger partial charge in [-0.3, -0.25) is 0 Å². The minimum Gasteiger partial charge on any atom is -0.346 e. The Hall–Kier alpha value is -1.02. The Balaban J connectivity index is 0.000000461. The van der Waals surface area contributed by atoms with Gasteiger partial charge in [-0.1, -0.05) is 25.4 Å². The van der Waals surface area contributed by atoms with Gasteiger partial charge < -0.3 is 4.98 Å². The third kappa shape index (κ3) is 1.90. The third-order valence-corrected chi connectivity index (χ3v) is 2.22. The minimum atomic E-state index is 0.774. The molecule has 0 aliphatic carbocycles. The molecule has 2 aromatic rings. The van der Waals surface area contributed by atoms with E-state index in [4.69, 9.17) is 11.6 Å². The zero-order chi connectivity index (χ0) is 10.7. The van der Waals surface area contributed by atoms with Gasteiger partial charge in [0.1, 0.15) is 5.65 Å². The zero-order valence-electron chi connectivity index (χ0n) is 8.98. The van der Waals surface area contributed by atoms with Gasteiger partial charge in [-0.15, -0.1) is 0 Å². The van der Waals surface area contributed by atoms with Crippen molar-refractivity contribution >= 4 is 22.6 Å². The molecule has 14 heavy (non-hydrogen) atoms. The lowest BCUT2D eigenvalue weighted by atomic mass is 10.2. The maximum Gasteiger partial charge on any atom is 0.139 e. The molecule has 0 radical (unpaired) electrons. The monoisotopic (exact) mass is 210 g/mol. The minimum absolute atomic E-state index is 0.774. The Kier molecular flexibility index (Phi) is 3.53. The number of pyridine rings is 1. The summed E-state index contributed by atoms with van der Waals surface area (Å²) < 4.78 is 0. The molecule has 2 rings (SSSR count). The Morgan fingerprint density at radius 1 is 1.29 bits per heavy atom. The number of hydrogen-bond donors (Lipinski definition) is 1. The van der Waals surface area contributed by atoms with Crippen LogP contribution in [0.3, 0.4) is 0 Å². The van der Waals surface area contributed by atoms with Crippen molar-refractivity contribution in [2.24, 2.45) is 0 Å². The molecule has 0 unspecified atom stereocenters. The van der Waals surface area contributed by atoms with E-state index in [2.05, 4.69) is 9.97 Å². The van der Waals surface area contributed by atoms with Crippen molar-refractivity contribution in [2.45, 2.75) is 27.7 Å². The summed E-state index contributed by atoms with van der Waals surface area (Å²) in [5.74, 6) is 0. The molecule has 1 N–H and O–H groups in total. The number of aromatic amines is 1. The summed E-state index contributed by atoms with van der Waals surface area (Å²) in [5, 5.41) is 1.80. The van der Waals surface area contributed by atoms with Crippen LogP contribution >= 0.6 is 11.6 Å². The highest BCUT2D eigenvalue weighted by Crippen LogP contribution is 2.25. The van der Waals surface area contributed by atoms with Gasteiger partial charge in [-0.25, -0.2) is 4.98 Å². The highest BCUT2D eigenvalue weighted by Gasteiger charge is 2.05. The predicted molar refractivity (Wildman–Crippen MR) is 61.9 cm³/mol. The van der Waals surface area contributed by atoms with Crippen molar-refractivity contribution in [2.75, 3.05) is 0 Å². The lowest BCUT2D eigenvalue weighted by molar-refractivity contribution is 1.22. The summed E-state index contributed by atoms with van der Waals surface area (Å²) in [6.45, 7) is 7.95. The molecule has 0 amide bonds. The molecule has 0 atom stereocenters. The number of hydrogen-bond acceptors (Lipinski definition) is 1. The van der Waals surface area contributed by atoms with Gasteiger partial charge in [0.2, 0.25) is 0 Å². The number of aryl methyl sites for hydroxylation is 2. The predicted octanol–water partition coefficient (Wildman–Crippen LogP) is 3.86. The molecule has 0 aliphatic heterocycles. The highest BCUT2D eigenvalue weighted by atomic mass is 35.5. The highest BCUT2D eigenvalue weighted by molar-refractivity contribution is 6.35. The molecule has 2 aromatic heterocycles. The summed E-state index contributed by atoms with van der Waals surface area (Å²) in [6.07, 6.45) is 1.92. The van der Waals surface area contributed by atoms with E-state index in [0.717, 1.165) is 27.3 Å². The quantitative estimate of drug-likeness (QED) is 0.703. The van der Waals surface area contributed by atoms with Crippen LogP contribution < -0.4 is 0 Å². The number of aromatic nitrogens is 2. The summed E-state index contributed by atoms with van der Waals surface area (Å²) in [4.78, 5) is 7.39. The molecule has 3 heteroatoms. The molecule has 0 bridgehead atoms. The fourth-order valence-corrected chi connectivity index (χ4v) is 1.76. The van der Waals surface area contributed by atoms with Crippen molar-refractivity contribution < 1.29 is 0 Å². The number of H-pyrrole nitrogens is 1. The topological polar surface area (TPSA) is 28.7 Å². The first-order valence-electron chi connectivity index (χ1n) is 4.79. The van der Waals surface area contributed by atoms with Gasteiger partial charge in [0, 0.05) is 17.3 Å². The van der Waals surface area contributed by atoms with E-state index >= 15 is 0 Å². The number of rotatable bonds is 0. The lowest BCUT2D eigenvalue weighted by Crippen LogP contribution is -1.82. The van der Waals surface area contributed by atoms with Crippen molar-refractivity contribution in [1.29, 1.82) is 0 Å². The van der Waals surface area contributed by atoms with Crippen LogP contribution in [0.15, 0.2) is 12.3 Å². The maximum atomic E-state index is 6.05. The fraction of sp³-hybridized carbons (Fsp3) is 0.364. The molecule has 0 spiro atoms. The molecule has 2 nitrogen and oxygen atoms in total. The van der Waals surface area contributed by atoms with Crippen molar-refractivity contribution in [3.8, 4) is 0 Å². The number of nitrogens with one attached hydrogen (secondary N) is 1. The first kappa shape index (κ1) is 11.1. The average Bonchev–Trinajstić information content (AvgIpc) is 2.51. The van der Waals surface area contributed by atoms with Gasteiger partial charge in [0.05, 0.1) is 5.02 Å². The number of fused-ring (bicyclic) bond motifs is 1. The van der Waals surface area contributed by atoms with Crippen LogP contribution in [0.4, 0.5) is 0 Å². The van der Waals surface area contributed by atoms with Crippen LogP contribution in [0.2, 0.25) is 5.02 Å². The second-order valence-electron chi connectivity index (χ2n) is 2.94. The van der Waals surface area contributed by atoms with Crippen LogP contribution in [-0.4, -0.2) is 9.97 Å². The Morgan fingerprint density at radius 3 is 2.57 bits per heavy atom. The fourth-order valence-electron chi connectivity index (χ4n) is 1.36. The van der Waals surface area contributed by atoms with Gasteiger partial charge >= 0.3 is 0 Å². The maximum absolute atomic E-state index is 6.05. The van der Waals surface area contributed by atoms with Crippen LogP contribution in [0.1, 0.15) is 25.1 Å². The van der Waals surface area contributed by atoms with Crippen LogP contribution in [0.5, 0.6) is 0 Å². The lowest BCUT2D eigenvalue weighted by Gasteiger charge is -1.96. The number of nitrogens with zero attached hydrogens (tertiary/aromatic N) is 1. The zero-order valence-corrected chi connectivity index (χ0v) is 9.74. The van der Waals surface area contributed by atoms with E-state index in [9.17, 15) is 0 Å². The molecule has 0 saturated carbocycles. The summed E-state index contributed by atoms with van der Waals surface area (Å²) in [5.41, 5.74) is 2.95. The molecule has 0 aromatic carbocycles. The van der Waals surface area contributed by atoms with Gasteiger partial charge in [0.15, 0.2) is 0 Å². The average molecular weight is 211 g/mol. The smallest absolute Gasteiger partial charge is 0.139 e. The van der Waals surface area contributed by atoms with E-state index < -0.39 is 0 Å². The first-order valence-corrected chi connectivity index (χ1v) is 5.17. The van der Waals surface area contributed by atoms with E-state index in [-0.39, 0.29) is 0 Å². The Morgan fingerprint density at radius 2 is 1.93 bits per heavy atom.